The lowest BCUT2D eigenvalue weighted by Gasteiger charge is -1.98. The number of hydrogen-bond acceptors (Lipinski definition) is 4. The van der Waals surface area contributed by atoms with E-state index in [2.05, 4.69) is 12.1 Å². The number of fused-ring (bicyclic) bond motifs is 1. The second kappa shape index (κ2) is 3.61. The first-order chi connectivity index (χ1) is 7.24. The second-order valence-electron chi connectivity index (χ2n) is 3.14. The third kappa shape index (κ3) is 1.63. The van der Waals surface area contributed by atoms with Crippen LogP contribution in [-0.2, 0) is 6.42 Å². The van der Waals surface area contributed by atoms with Crippen LogP contribution < -0.4 is 5.73 Å². The summed E-state index contributed by atoms with van der Waals surface area (Å²) in [6.45, 7) is 0. The van der Waals surface area contributed by atoms with Gasteiger partial charge in [0.1, 0.15) is 0 Å². The van der Waals surface area contributed by atoms with Gasteiger partial charge in [0, 0.05) is 4.70 Å². The molecule has 1 aromatic carbocycles. The highest BCUT2D eigenvalue weighted by Gasteiger charge is 2.07. The Labute approximate surface area is 91.0 Å². The van der Waals surface area contributed by atoms with E-state index in [1.54, 1.807) is 12.1 Å². The van der Waals surface area contributed by atoms with Crippen LogP contribution in [0.1, 0.15) is 11.1 Å². The van der Waals surface area contributed by atoms with Gasteiger partial charge in [-0.1, -0.05) is 0 Å². The van der Waals surface area contributed by atoms with E-state index in [-0.39, 0.29) is 0 Å². The average Bonchev–Trinajstić information content (AvgIpc) is 2.58. The predicted octanol–water partition coefficient (Wildman–Crippen LogP) is 2.42. The molecule has 0 aliphatic rings. The van der Waals surface area contributed by atoms with Crippen molar-refractivity contribution in [2.45, 2.75) is 6.42 Å². The summed E-state index contributed by atoms with van der Waals surface area (Å²) < 4.78 is 0.969. The number of anilines is 1. The largest absolute Gasteiger partial charge is 0.391 e. The van der Waals surface area contributed by atoms with E-state index >= 15 is 0 Å². The summed E-state index contributed by atoms with van der Waals surface area (Å²) in [5.74, 6) is 0. The molecule has 1 heterocycles. The van der Waals surface area contributed by atoms with Gasteiger partial charge < -0.3 is 5.73 Å². The molecule has 0 atom stereocenters. The highest BCUT2D eigenvalue weighted by atomic mass is 32.1. The lowest BCUT2D eigenvalue weighted by Crippen LogP contribution is -1.84. The Bertz CT molecular complexity index is 599. The highest BCUT2D eigenvalue weighted by Crippen LogP contribution is 2.31. The van der Waals surface area contributed by atoms with Crippen molar-refractivity contribution in [2.24, 2.45) is 0 Å². The predicted molar refractivity (Wildman–Crippen MR) is 60.3 cm³/mol. The summed E-state index contributed by atoms with van der Waals surface area (Å²) in [6, 6.07) is 9.58. The first-order valence-electron chi connectivity index (χ1n) is 4.33. The number of thiophene rings is 1. The molecule has 0 saturated carbocycles. The van der Waals surface area contributed by atoms with Crippen molar-refractivity contribution >= 4 is 26.4 Å². The highest BCUT2D eigenvalue weighted by molar-refractivity contribution is 7.22. The van der Waals surface area contributed by atoms with Crippen LogP contribution in [0.25, 0.3) is 10.1 Å². The lowest BCUT2D eigenvalue weighted by atomic mass is 10.0. The number of rotatable bonds is 1. The Kier molecular flexibility index (Phi) is 2.29. The van der Waals surface area contributed by atoms with Crippen molar-refractivity contribution in [1.82, 2.24) is 0 Å². The monoisotopic (exact) mass is 213 g/mol. The quantitative estimate of drug-likeness (QED) is 0.790. The van der Waals surface area contributed by atoms with Gasteiger partial charge in [-0.15, -0.1) is 11.3 Å². The van der Waals surface area contributed by atoms with Crippen molar-refractivity contribution in [3.05, 3.63) is 29.3 Å². The summed E-state index contributed by atoms with van der Waals surface area (Å²) in [6.07, 6.45) is 0.308. The van der Waals surface area contributed by atoms with Crippen molar-refractivity contribution < 1.29 is 0 Å². The van der Waals surface area contributed by atoms with E-state index < -0.39 is 0 Å². The van der Waals surface area contributed by atoms with Crippen LogP contribution in [-0.4, -0.2) is 0 Å². The molecule has 0 spiro atoms. The first-order valence-corrected chi connectivity index (χ1v) is 5.15. The van der Waals surface area contributed by atoms with Gasteiger partial charge in [0.15, 0.2) is 0 Å². The molecule has 0 radical (unpaired) electrons. The molecule has 0 aliphatic carbocycles. The molecule has 0 unspecified atom stereocenters. The van der Waals surface area contributed by atoms with Gasteiger partial charge in [-0.05, 0) is 29.1 Å². The zero-order valence-corrected chi connectivity index (χ0v) is 8.64. The molecule has 2 aromatic rings. The van der Waals surface area contributed by atoms with Crippen molar-refractivity contribution in [3.63, 3.8) is 0 Å². The zero-order chi connectivity index (χ0) is 10.8. The molecule has 0 aliphatic heterocycles. The van der Waals surface area contributed by atoms with Crippen LogP contribution in [0.5, 0.6) is 0 Å². The normalized spacial score (nSPS) is 9.73. The molecule has 0 bridgehead atoms. The Morgan fingerprint density at radius 2 is 2.07 bits per heavy atom. The first kappa shape index (κ1) is 9.51. The van der Waals surface area contributed by atoms with Gasteiger partial charge in [-0.2, -0.15) is 10.5 Å². The molecule has 72 valence electrons. The van der Waals surface area contributed by atoms with E-state index in [1.807, 2.05) is 6.07 Å². The molecule has 0 saturated heterocycles. The van der Waals surface area contributed by atoms with E-state index in [9.17, 15) is 0 Å². The summed E-state index contributed by atoms with van der Waals surface area (Å²) in [5, 5.41) is 19.2. The standard InChI is InChI=1S/C11H7N3S/c12-2-1-8-3-7(6-13)4-10-9(8)5-11(14)15-10/h3-5H,1,14H2. The lowest BCUT2D eigenvalue weighted by molar-refractivity contribution is 1.28. The minimum absolute atomic E-state index is 0.308. The second-order valence-corrected chi connectivity index (χ2v) is 4.26. The maximum absolute atomic E-state index is 8.84. The Morgan fingerprint density at radius 3 is 2.73 bits per heavy atom. The average molecular weight is 213 g/mol. The molecule has 0 amide bonds. The van der Waals surface area contributed by atoms with Gasteiger partial charge in [0.25, 0.3) is 0 Å². The number of nitrogens with two attached hydrogens (primary N) is 1. The maximum Gasteiger partial charge on any atom is 0.0992 e. The number of benzene rings is 1. The summed E-state index contributed by atoms with van der Waals surface area (Å²) >= 11 is 1.44. The zero-order valence-electron chi connectivity index (χ0n) is 7.82. The molecular weight excluding hydrogens is 206 g/mol. The van der Waals surface area contributed by atoms with Crippen LogP contribution in [0, 0.1) is 22.7 Å². The minimum Gasteiger partial charge on any atom is -0.391 e. The van der Waals surface area contributed by atoms with Gasteiger partial charge >= 0.3 is 0 Å². The van der Waals surface area contributed by atoms with Crippen molar-refractivity contribution in [1.29, 1.82) is 10.5 Å². The third-order valence-electron chi connectivity index (χ3n) is 2.14. The van der Waals surface area contributed by atoms with E-state index in [1.165, 1.54) is 11.3 Å². The molecule has 15 heavy (non-hydrogen) atoms. The minimum atomic E-state index is 0.308. The molecule has 2 rings (SSSR count). The van der Waals surface area contributed by atoms with Crippen molar-refractivity contribution in [3.8, 4) is 12.1 Å². The number of hydrogen-bond donors (Lipinski definition) is 1. The van der Waals surface area contributed by atoms with E-state index in [0.717, 1.165) is 15.6 Å². The number of nitrogen functional groups attached to an aromatic ring is 1. The summed E-state index contributed by atoms with van der Waals surface area (Å²) in [7, 11) is 0. The van der Waals surface area contributed by atoms with E-state index in [4.69, 9.17) is 16.3 Å². The Hall–Kier alpha value is -2.04. The molecule has 4 heteroatoms. The smallest absolute Gasteiger partial charge is 0.0992 e. The van der Waals surface area contributed by atoms with Gasteiger partial charge in [0.2, 0.25) is 0 Å². The Balaban J connectivity index is 2.76. The van der Waals surface area contributed by atoms with Crippen molar-refractivity contribution in [2.75, 3.05) is 5.73 Å². The summed E-state index contributed by atoms with van der Waals surface area (Å²) in [5.41, 5.74) is 7.15. The third-order valence-corrected chi connectivity index (χ3v) is 3.05. The summed E-state index contributed by atoms with van der Waals surface area (Å²) in [4.78, 5) is 0. The van der Waals surface area contributed by atoms with Crippen LogP contribution in [0.2, 0.25) is 0 Å². The fourth-order valence-corrected chi connectivity index (χ4v) is 2.44. The maximum atomic E-state index is 8.84. The SMILES string of the molecule is N#CCc1cc(C#N)cc2sc(N)cc12. The molecule has 1 aromatic heterocycles. The molecule has 2 N–H and O–H groups in total. The van der Waals surface area contributed by atoms with Gasteiger partial charge in [-0.25, -0.2) is 0 Å². The fourth-order valence-electron chi connectivity index (χ4n) is 1.53. The van der Waals surface area contributed by atoms with Crippen LogP contribution >= 0.6 is 11.3 Å². The van der Waals surface area contributed by atoms with Gasteiger partial charge in [-0.3, -0.25) is 0 Å². The molecule has 0 fully saturated rings. The number of nitriles is 2. The number of nitrogens with zero attached hydrogens (tertiary/aromatic N) is 2. The molecular formula is C11H7N3S. The van der Waals surface area contributed by atoms with Crippen LogP contribution in [0.15, 0.2) is 18.2 Å². The van der Waals surface area contributed by atoms with E-state index in [0.29, 0.717) is 17.0 Å². The fraction of sp³-hybridized carbons (Fsp3) is 0.0909. The molecule has 3 nitrogen and oxygen atoms in total. The van der Waals surface area contributed by atoms with Crippen LogP contribution in [0.3, 0.4) is 0 Å². The topological polar surface area (TPSA) is 73.6 Å². The van der Waals surface area contributed by atoms with Gasteiger partial charge in [0.05, 0.1) is 29.1 Å². The Morgan fingerprint density at radius 1 is 1.27 bits per heavy atom. The van der Waals surface area contributed by atoms with Crippen LogP contribution in [0.4, 0.5) is 5.00 Å².